The minimum absolute atomic E-state index is 0.111. The number of carbonyl (C=O) groups is 1. The maximum atomic E-state index is 12.9. The Labute approximate surface area is 153 Å². The fraction of sp³-hybridized carbons (Fsp3) is 0.136. The predicted octanol–water partition coefficient (Wildman–Crippen LogP) is 4.16. The summed E-state index contributed by atoms with van der Waals surface area (Å²) in [6.07, 6.45) is 0. The van der Waals surface area contributed by atoms with E-state index in [1.54, 1.807) is 13.2 Å². The van der Waals surface area contributed by atoms with Crippen molar-refractivity contribution in [2.75, 3.05) is 12.4 Å². The standard InChI is InChI=1S/C22H22N2O2/c1-26-20-14-8-13-19(15-20)24-22(25)21(18-11-6-3-7-12-18)23-16-17-9-4-2-5-10-17/h2-15,21,23H,16H2,1H3,(H,24,25). The highest BCUT2D eigenvalue weighted by molar-refractivity contribution is 5.95. The van der Waals surface area contributed by atoms with Crippen molar-refractivity contribution in [1.29, 1.82) is 0 Å². The summed E-state index contributed by atoms with van der Waals surface area (Å²) in [4.78, 5) is 12.9. The molecule has 0 fully saturated rings. The number of amides is 1. The van der Waals surface area contributed by atoms with E-state index >= 15 is 0 Å². The van der Waals surface area contributed by atoms with Gasteiger partial charge >= 0.3 is 0 Å². The number of ether oxygens (including phenoxy) is 1. The van der Waals surface area contributed by atoms with Crippen LogP contribution in [-0.4, -0.2) is 13.0 Å². The number of hydrogen-bond acceptors (Lipinski definition) is 3. The Bertz CT molecular complexity index is 835. The van der Waals surface area contributed by atoms with Crippen molar-refractivity contribution in [2.45, 2.75) is 12.6 Å². The lowest BCUT2D eigenvalue weighted by Crippen LogP contribution is -2.32. The molecule has 1 amide bonds. The van der Waals surface area contributed by atoms with Crippen molar-refractivity contribution in [2.24, 2.45) is 0 Å². The first-order valence-corrected chi connectivity index (χ1v) is 8.53. The number of benzene rings is 3. The van der Waals surface area contributed by atoms with Gasteiger partial charge in [-0.05, 0) is 23.3 Å². The number of hydrogen-bond donors (Lipinski definition) is 2. The maximum absolute atomic E-state index is 12.9. The summed E-state index contributed by atoms with van der Waals surface area (Å²) in [5, 5.41) is 6.33. The van der Waals surface area contributed by atoms with Gasteiger partial charge < -0.3 is 10.1 Å². The quantitative estimate of drug-likeness (QED) is 0.675. The SMILES string of the molecule is COc1cccc(NC(=O)C(NCc2ccccc2)c2ccccc2)c1. The van der Waals surface area contributed by atoms with Gasteiger partial charge in [-0.2, -0.15) is 0 Å². The van der Waals surface area contributed by atoms with Crippen LogP contribution in [0, 0.1) is 0 Å². The van der Waals surface area contributed by atoms with Crippen LogP contribution in [-0.2, 0) is 11.3 Å². The van der Waals surface area contributed by atoms with E-state index in [1.807, 2.05) is 78.9 Å². The Balaban J connectivity index is 1.76. The molecule has 0 spiro atoms. The van der Waals surface area contributed by atoms with Crippen molar-refractivity contribution in [3.05, 3.63) is 96.1 Å². The van der Waals surface area contributed by atoms with E-state index in [0.717, 1.165) is 11.1 Å². The summed E-state index contributed by atoms with van der Waals surface area (Å²) in [6.45, 7) is 0.603. The zero-order chi connectivity index (χ0) is 18.2. The van der Waals surface area contributed by atoms with Crippen LogP contribution in [0.25, 0.3) is 0 Å². The molecule has 0 radical (unpaired) electrons. The number of methoxy groups -OCH3 is 1. The normalized spacial score (nSPS) is 11.6. The van der Waals surface area contributed by atoms with Gasteiger partial charge in [0.25, 0.3) is 0 Å². The Morgan fingerprint density at radius 1 is 0.923 bits per heavy atom. The lowest BCUT2D eigenvalue weighted by atomic mass is 10.1. The Hall–Kier alpha value is -3.11. The molecular formula is C22H22N2O2. The largest absolute Gasteiger partial charge is 0.497 e. The van der Waals surface area contributed by atoms with Gasteiger partial charge in [0.15, 0.2) is 0 Å². The van der Waals surface area contributed by atoms with E-state index < -0.39 is 6.04 Å². The number of anilines is 1. The summed E-state index contributed by atoms with van der Waals surface area (Å²) in [5.41, 5.74) is 2.75. The second-order valence-electron chi connectivity index (χ2n) is 5.93. The first kappa shape index (κ1) is 17.7. The van der Waals surface area contributed by atoms with Crippen LogP contribution in [0.1, 0.15) is 17.2 Å². The van der Waals surface area contributed by atoms with Crippen LogP contribution >= 0.6 is 0 Å². The molecule has 3 aromatic carbocycles. The zero-order valence-electron chi connectivity index (χ0n) is 14.7. The second-order valence-corrected chi connectivity index (χ2v) is 5.93. The molecule has 0 aliphatic rings. The summed E-state index contributed by atoms with van der Waals surface area (Å²) in [6, 6.07) is 26.6. The molecule has 1 unspecified atom stereocenters. The average molecular weight is 346 g/mol. The van der Waals surface area contributed by atoms with Crippen LogP contribution in [0.3, 0.4) is 0 Å². The second kappa shape index (κ2) is 8.83. The monoisotopic (exact) mass is 346 g/mol. The minimum Gasteiger partial charge on any atom is -0.497 e. The number of nitrogens with one attached hydrogen (secondary N) is 2. The molecule has 0 heterocycles. The third-order valence-corrected chi connectivity index (χ3v) is 4.09. The molecule has 0 saturated heterocycles. The Kier molecular flexibility index (Phi) is 6.01. The third-order valence-electron chi connectivity index (χ3n) is 4.09. The Morgan fingerprint density at radius 3 is 2.31 bits per heavy atom. The molecule has 3 aromatic rings. The number of rotatable bonds is 7. The van der Waals surface area contributed by atoms with Crippen LogP contribution < -0.4 is 15.4 Å². The fourth-order valence-corrected chi connectivity index (χ4v) is 2.74. The molecule has 3 rings (SSSR count). The molecule has 0 aromatic heterocycles. The smallest absolute Gasteiger partial charge is 0.246 e. The molecule has 4 nitrogen and oxygen atoms in total. The molecule has 1 atom stereocenters. The first-order chi connectivity index (χ1) is 12.8. The van der Waals surface area contributed by atoms with Crippen molar-refractivity contribution < 1.29 is 9.53 Å². The molecule has 26 heavy (non-hydrogen) atoms. The van der Waals surface area contributed by atoms with E-state index in [9.17, 15) is 4.79 Å². The molecule has 0 aliphatic heterocycles. The van der Waals surface area contributed by atoms with E-state index in [2.05, 4.69) is 10.6 Å². The van der Waals surface area contributed by atoms with E-state index in [-0.39, 0.29) is 5.91 Å². The van der Waals surface area contributed by atoms with Crippen LogP contribution in [0.2, 0.25) is 0 Å². The average Bonchev–Trinajstić information content (AvgIpc) is 2.70. The molecule has 4 heteroatoms. The molecule has 132 valence electrons. The first-order valence-electron chi connectivity index (χ1n) is 8.53. The van der Waals surface area contributed by atoms with Gasteiger partial charge in [-0.15, -0.1) is 0 Å². The highest BCUT2D eigenvalue weighted by atomic mass is 16.5. The van der Waals surface area contributed by atoms with Crippen LogP contribution in [0.15, 0.2) is 84.9 Å². The summed E-state index contributed by atoms with van der Waals surface area (Å²) >= 11 is 0. The van der Waals surface area contributed by atoms with Gasteiger partial charge in [0.05, 0.1) is 7.11 Å². The Morgan fingerprint density at radius 2 is 1.62 bits per heavy atom. The minimum atomic E-state index is -0.456. The zero-order valence-corrected chi connectivity index (χ0v) is 14.7. The number of carbonyl (C=O) groups excluding carboxylic acids is 1. The van der Waals surface area contributed by atoms with Crippen molar-refractivity contribution in [1.82, 2.24) is 5.32 Å². The fourth-order valence-electron chi connectivity index (χ4n) is 2.74. The summed E-state index contributed by atoms with van der Waals surface area (Å²) in [5.74, 6) is 0.594. The highest BCUT2D eigenvalue weighted by Gasteiger charge is 2.20. The van der Waals surface area contributed by atoms with Crippen molar-refractivity contribution in [3.8, 4) is 5.75 Å². The van der Waals surface area contributed by atoms with E-state index in [1.165, 1.54) is 0 Å². The van der Waals surface area contributed by atoms with E-state index in [4.69, 9.17) is 4.74 Å². The topological polar surface area (TPSA) is 50.4 Å². The molecule has 0 bridgehead atoms. The van der Waals surface area contributed by atoms with Gasteiger partial charge in [0.1, 0.15) is 11.8 Å². The molecule has 2 N–H and O–H groups in total. The van der Waals surface area contributed by atoms with Crippen molar-refractivity contribution >= 4 is 11.6 Å². The van der Waals surface area contributed by atoms with Gasteiger partial charge in [0.2, 0.25) is 5.91 Å². The van der Waals surface area contributed by atoms with Gasteiger partial charge in [0, 0.05) is 18.3 Å². The predicted molar refractivity (Wildman–Crippen MR) is 104 cm³/mol. The molecular weight excluding hydrogens is 324 g/mol. The summed E-state index contributed by atoms with van der Waals surface area (Å²) < 4.78 is 5.22. The lowest BCUT2D eigenvalue weighted by molar-refractivity contribution is -0.118. The molecule has 0 saturated carbocycles. The third kappa shape index (κ3) is 4.71. The van der Waals surface area contributed by atoms with Gasteiger partial charge in [-0.1, -0.05) is 66.7 Å². The van der Waals surface area contributed by atoms with Gasteiger partial charge in [-0.3, -0.25) is 10.1 Å². The lowest BCUT2D eigenvalue weighted by Gasteiger charge is -2.19. The molecule has 0 aliphatic carbocycles. The van der Waals surface area contributed by atoms with Gasteiger partial charge in [-0.25, -0.2) is 0 Å². The van der Waals surface area contributed by atoms with E-state index in [0.29, 0.717) is 18.0 Å². The van der Waals surface area contributed by atoms with Crippen molar-refractivity contribution in [3.63, 3.8) is 0 Å². The van der Waals surface area contributed by atoms with Crippen LogP contribution in [0.5, 0.6) is 5.75 Å². The van der Waals surface area contributed by atoms with Crippen LogP contribution in [0.4, 0.5) is 5.69 Å². The summed E-state index contributed by atoms with van der Waals surface area (Å²) in [7, 11) is 1.61. The maximum Gasteiger partial charge on any atom is 0.246 e. The highest BCUT2D eigenvalue weighted by Crippen LogP contribution is 2.20.